The van der Waals surface area contributed by atoms with Gasteiger partial charge in [0.15, 0.2) is 11.5 Å². The lowest BCUT2D eigenvalue weighted by Gasteiger charge is -2.07. The largest absolute Gasteiger partial charge is 0.417 e. The molecule has 3 rings (SSSR count). The summed E-state index contributed by atoms with van der Waals surface area (Å²) >= 11 is 0. The Morgan fingerprint density at radius 1 is 1.15 bits per heavy atom. The molecule has 1 N–H and O–H groups in total. The van der Waals surface area contributed by atoms with Gasteiger partial charge >= 0.3 is 6.18 Å². The van der Waals surface area contributed by atoms with Crippen LogP contribution >= 0.6 is 0 Å². The number of hydrogen-bond donors (Lipinski definition) is 1. The van der Waals surface area contributed by atoms with Crippen LogP contribution in [0, 0.1) is 0 Å². The van der Waals surface area contributed by atoms with Gasteiger partial charge in [-0.2, -0.15) is 23.0 Å². The van der Waals surface area contributed by atoms with Gasteiger partial charge in [-0.15, -0.1) is 0 Å². The van der Waals surface area contributed by atoms with E-state index in [0.29, 0.717) is 6.20 Å². The molecule has 0 aliphatic carbocycles. The van der Waals surface area contributed by atoms with Crippen LogP contribution in [0.1, 0.15) is 5.56 Å². The summed E-state index contributed by atoms with van der Waals surface area (Å²) in [4.78, 5) is 21.5. The molecule has 0 unspecified atom stereocenters. The molecule has 0 aliphatic heterocycles. The second-order valence-corrected chi connectivity index (χ2v) is 3.93. The summed E-state index contributed by atoms with van der Waals surface area (Å²) in [6.07, 6.45) is -1.28. The van der Waals surface area contributed by atoms with Gasteiger partial charge in [0, 0.05) is 6.20 Å². The van der Waals surface area contributed by atoms with E-state index in [1.54, 1.807) is 0 Å². The molecule has 0 aromatic carbocycles. The molecule has 0 fully saturated rings. The van der Waals surface area contributed by atoms with Gasteiger partial charge in [-0.1, -0.05) is 0 Å². The number of aromatic amines is 1. The summed E-state index contributed by atoms with van der Waals surface area (Å²) in [5, 5.41) is 4.14. The van der Waals surface area contributed by atoms with E-state index < -0.39 is 11.7 Å². The number of nitrogens with one attached hydrogen (secondary N) is 1. The minimum absolute atomic E-state index is 0.145. The highest BCUT2D eigenvalue weighted by molar-refractivity contribution is 5.74. The molecule has 6 nitrogen and oxygen atoms in total. The van der Waals surface area contributed by atoms with Crippen LogP contribution in [0.2, 0.25) is 0 Å². The van der Waals surface area contributed by atoms with E-state index >= 15 is 0 Å². The monoisotopic (exact) mass is 281 g/mol. The molecule has 0 atom stereocenters. The number of H-pyrrole nitrogens is 1. The van der Waals surface area contributed by atoms with Crippen LogP contribution in [0.25, 0.3) is 16.9 Å². The molecule has 0 radical (unpaired) electrons. The second-order valence-electron chi connectivity index (χ2n) is 3.93. The van der Waals surface area contributed by atoms with Gasteiger partial charge < -0.3 is 4.98 Å². The Balaban J connectivity index is 2.12. The summed E-state index contributed by atoms with van der Waals surface area (Å²) in [6, 6.07) is 2.06. The third-order valence-corrected chi connectivity index (χ3v) is 2.66. The first-order valence-corrected chi connectivity index (χ1v) is 5.42. The predicted molar refractivity (Wildman–Crippen MR) is 62.3 cm³/mol. The van der Waals surface area contributed by atoms with Crippen molar-refractivity contribution in [2.75, 3.05) is 0 Å². The van der Waals surface area contributed by atoms with Crippen molar-refractivity contribution in [1.29, 1.82) is 0 Å². The SMILES string of the molecule is O=c1[nH]cnc2c1cnn2-c1ccc(C(F)(F)F)cn1. The van der Waals surface area contributed by atoms with Crippen LogP contribution in [-0.2, 0) is 6.18 Å². The fourth-order valence-electron chi connectivity index (χ4n) is 1.70. The molecule has 0 aliphatic rings. The van der Waals surface area contributed by atoms with E-state index in [2.05, 4.69) is 20.1 Å². The van der Waals surface area contributed by atoms with Crippen LogP contribution in [0.5, 0.6) is 0 Å². The van der Waals surface area contributed by atoms with Crippen molar-refractivity contribution in [3.63, 3.8) is 0 Å². The molecular formula is C11H6F3N5O. The molecule has 0 bridgehead atoms. The van der Waals surface area contributed by atoms with Crippen LogP contribution in [-0.4, -0.2) is 24.7 Å². The second kappa shape index (κ2) is 4.15. The van der Waals surface area contributed by atoms with Gasteiger partial charge in [0.1, 0.15) is 5.39 Å². The van der Waals surface area contributed by atoms with Crippen molar-refractivity contribution >= 4 is 11.0 Å². The molecule has 102 valence electrons. The zero-order valence-electron chi connectivity index (χ0n) is 9.72. The van der Waals surface area contributed by atoms with Gasteiger partial charge in [-0.25, -0.2) is 9.97 Å². The van der Waals surface area contributed by atoms with E-state index in [9.17, 15) is 18.0 Å². The lowest BCUT2D eigenvalue weighted by Crippen LogP contribution is -2.09. The number of halogens is 3. The molecular weight excluding hydrogens is 275 g/mol. The average molecular weight is 281 g/mol. The smallest absolute Gasteiger partial charge is 0.312 e. The molecule has 9 heteroatoms. The molecule has 20 heavy (non-hydrogen) atoms. The van der Waals surface area contributed by atoms with Crippen molar-refractivity contribution in [3.8, 4) is 5.82 Å². The normalized spacial score (nSPS) is 11.9. The van der Waals surface area contributed by atoms with Crippen LogP contribution in [0.4, 0.5) is 13.2 Å². The maximum Gasteiger partial charge on any atom is 0.417 e. The summed E-state index contributed by atoms with van der Waals surface area (Å²) < 4.78 is 38.5. The number of fused-ring (bicyclic) bond motifs is 1. The van der Waals surface area contributed by atoms with Crippen LogP contribution in [0.3, 0.4) is 0 Å². The fraction of sp³-hybridized carbons (Fsp3) is 0.0909. The standard InChI is InChI=1S/C11H6F3N5O/c12-11(13,14)6-1-2-8(15-3-6)19-9-7(4-18-19)10(20)17-5-16-9/h1-5H,(H,16,17,20). The van der Waals surface area contributed by atoms with Crippen molar-refractivity contribution in [1.82, 2.24) is 24.7 Å². The van der Waals surface area contributed by atoms with E-state index in [1.165, 1.54) is 17.2 Å². The molecule has 3 aromatic rings. The van der Waals surface area contributed by atoms with Gasteiger partial charge in [0.2, 0.25) is 0 Å². The summed E-state index contributed by atoms with van der Waals surface area (Å²) in [7, 11) is 0. The van der Waals surface area contributed by atoms with Crippen LogP contribution in [0.15, 0.2) is 35.6 Å². The first-order chi connectivity index (χ1) is 9.47. The summed E-state index contributed by atoms with van der Waals surface area (Å²) in [6.45, 7) is 0. The number of aromatic nitrogens is 5. The number of nitrogens with zero attached hydrogens (tertiary/aromatic N) is 4. The first-order valence-electron chi connectivity index (χ1n) is 5.42. The molecule has 0 saturated heterocycles. The molecule has 0 amide bonds. The molecule has 3 aromatic heterocycles. The minimum Gasteiger partial charge on any atom is -0.312 e. The van der Waals surface area contributed by atoms with E-state index in [0.717, 1.165) is 12.1 Å². The van der Waals surface area contributed by atoms with Crippen molar-refractivity contribution in [2.24, 2.45) is 0 Å². The first kappa shape index (κ1) is 12.3. The Morgan fingerprint density at radius 3 is 2.60 bits per heavy atom. The predicted octanol–water partition coefficient (Wildman–Crippen LogP) is 1.52. The number of rotatable bonds is 1. The Hall–Kier alpha value is -2.71. The van der Waals surface area contributed by atoms with E-state index in [-0.39, 0.29) is 22.4 Å². The minimum atomic E-state index is -4.45. The zero-order chi connectivity index (χ0) is 14.3. The number of hydrogen-bond acceptors (Lipinski definition) is 4. The topological polar surface area (TPSA) is 76.5 Å². The van der Waals surface area contributed by atoms with E-state index in [1.807, 2.05) is 0 Å². The number of pyridine rings is 1. The van der Waals surface area contributed by atoms with Gasteiger partial charge in [0.25, 0.3) is 5.56 Å². The molecule has 3 heterocycles. The summed E-state index contributed by atoms with van der Waals surface area (Å²) in [5.41, 5.74) is -1.02. The highest BCUT2D eigenvalue weighted by Crippen LogP contribution is 2.28. The quantitative estimate of drug-likeness (QED) is 0.733. The Bertz CT molecular complexity index is 818. The Labute approximate surface area is 108 Å². The third-order valence-electron chi connectivity index (χ3n) is 2.66. The molecule has 0 saturated carbocycles. The highest BCUT2D eigenvalue weighted by Gasteiger charge is 2.30. The maximum absolute atomic E-state index is 12.4. The van der Waals surface area contributed by atoms with Crippen LogP contribution < -0.4 is 5.56 Å². The fourth-order valence-corrected chi connectivity index (χ4v) is 1.70. The van der Waals surface area contributed by atoms with Crippen molar-refractivity contribution < 1.29 is 13.2 Å². The van der Waals surface area contributed by atoms with Gasteiger partial charge in [0.05, 0.1) is 18.1 Å². The Morgan fingerprint density at radius 2 is 1.95 bits per heavy atom. The average Bonchev–Trinajstić information content (AvgIpc) is 2.83. The van der Waals surface area contributed by atoms with Crippen molar-refractivity contribution in [3.05, 3.63) is 46.8 Å². The zero-order valence-corrected chi connectivity index (χ0v) is 9.72. The lowest BCUT2D eigenvalue weighted by molar-refractivity contribution is -0.137. The number of alkyl halides is 3. The maximum atomic E-state index is 12.4. The Kier molecular flexibility index (Phi) is 2.56. The van der Waals surface area contributed by atoms with Gasteiger partial charge in [-0.3, -0.25) is 4.79 Å². The molecule has 0 spiro atoms. The highest BCUT2D eigenvalue weighted by atomic mass is 19.4. The van der Waals surface area contributed by atoms with Gasteiger partial charge in [-0.05, 0) is 12.1 Å². The van der Waals surface area contributed by atoms with E-state index in [4.69, 9.17) is 0 Å². The van der Waals surface area contributed by atoms with Crippen molar-refractivity contribution in [2.45, 2.75) is 6.18 Å². The summed E-state index contributed by atoms with van der Waals surface area (Å²) in [5.74, 6) is 0.145. The lowest BCUT2D eigenvalue weighted by atomic mass is 10.3. The third kappa shape index (κ3) is 1.92.